The standard InChI is InChI=1S/C15H19NO4/c1-4-7-16(9-15(18)19)14(17)10-20-13-6-5-11(2)12(3)8-13/h4-6,8H,1,7,9-10H2,2-3H3,(H,18,19). The highest BCUT2D eigenvalue weighted by Gasteiger charge is 2.16. The van der Waals surface area contributed by atoms with Crippen molar-refractivity contribution < 1.29 is 19.4 Å². The van der Waals surface area contributed by atoms with Crippen LogP contribution in [-0.4, -0.2) is 41.6 Å². The number of carbonyl (C=O) groups excluding carboxylic acids is 1. The molecule has 0 saturated carbocycles. The second kappa shape index (κ2) is 7.33. The van der Waals surface area contributed by atoms with E-state index in [-0.39, 0.29) is 25.6 Å². The Hall–Kier alpha value is -2.30. The molecule has 0 aromatic heterocycles. The van der Waals surface area contributed by atoms with Crippen molar-refractivity contribution in [2.75, 3.05) is 19.7 Å². The molecule has 1 rings (SSSR count). The molecule has 0 radical (unpaired) electrons. The van der Waals surface area contributed by atoms with E-state index in [1.807, 2.05) is 26.0 Å². The van der Waals surface area contributed by atoms with Gasteiger partial charge in [0.15, 0.2) is 6.61 Å². The second-order valence-electron chi connectivity index (χ2n) is 4.49. The van der Waals surface area contributed by atoms with Crippen LogP contribution in [0, 0.1) is 13.8 Å². The van der Waals surface area contributed by atoms with E-state index in [1.54, 1.807) is 6.07 Å². The summed E-state index contributed by atoms with van der Waals surface area (Å²) in [6.45, 7) is 7.08. The number of nitrogens with zero attached hydrogens (tertiary/aromatic N) is 1. The molecule has 108 valence electrons. The molecule has 5 heteroatoms. The first-order chi connectivity index (χ1) is 9.43. The minimum absolute atomic E-state index is 0.182. The molecule has 20 heavy (non-hydrogen) atoms. The van der Waals surface area contributed by atoms with Gasteiger partial charge in [-0.15, -0.1) is 6.58 Å². The van der Waals surface area contributed by atoms with Gasteiger partial charge in [0.25, 0.3) is 5.91 Å². The fourth-order valence-electron chi connectivity index (χ4n) is 1.61. The Balaban J connectivity index is 2.61. The number of rotatable bonds is 7. The van der Waals surface area contributed by atoms with Crippen molar-refractivity contribution in [3.05, 3.63) is 42.0 Å². The van der Waals surface area contributed by atoms with Gasteiger partial charge >= 0.3 is 5.97 Å². The molecule has 0 fully saturated rings. The molecular formula is C15H19NO4. The SMILES string of the molecule is C=CCN(CC(=O)O)C(=O)COc1ccc(C)c(C)c1. The summed E-state index contributed by atoms with van der Waals surface area (Å²) < 4.78 is 5.39. The normalized spacial score (nSPS) is 9.90. The highest BCUT2D eigenvalue weighted by atomic mass is 16.5. The average Bonchev–Trinajstić information content (AvgIpc) is 2.39. The summed E-state index contributed by atoms with van der Waals surface area (Å²) in [6, 6.07) is 5.54. The van der Waals surface area contributed by atoms with Gasteiger partial charge in [-0.2, -0.15) is 0 Å². The molecule has 0 spiro atoms. The minimum Gasteiger partial charge on any atom is -0.484 e. The molecule has 0 bridgehead atoms. The van der Waals surface area contributed by atoms with E-state index in [0.29, 0.717) is 5.75 Å². The number of hydrogen-bond donors (Lipinski definition) is 1. The quantitative estimate of drug-likeness (QED) is 0.771. The summed E-state index contributed by atoms with van der Waals surface area (Å²) in [6.07, 6.45) is 1.48. The van der Waals surface area contributed by atoms with Crippen LogP contribution in [0.1, 0.15) is 11.1 Å². The first-order valence-electron chi connectivity index (χ1n) is 6.24. The molecule has 0 aliphatic carbocycles. The van der Waals surface area contributed by atoms with Gasteiger partial charge in [-0.3, -0.25) is 9.59 Å². The molecule has 0 atom stereocenters. The highest BCUT2D eigenvalue weighted by molar-refractivity contribution is 5.82. The van der Waals surface area contributed by atoms with Crippen LogP contribution in [0.4, 0.5) is 0 Å². The van der Waals surface area contributed by atoms with Gasteiger partial charge in [-0.25, -0.2) is 0 Å². The molecule has 0 aliphatic rings. The molecular weight excluding hydrogens is 258 g/mol. The van der Waals surface area contributed by atoms with Crippen molar-refractivity contribution >= 4 is 11.9 Å². The molecule has 0 aliphatic heterocycles. The van der Waals surface area contributed by atoms with Crippen LogP contribution >= 0.6 is 0 Å². The third-order valence-corrected chi connectivity index (χ3v) is 2.87. The van der Waals surface area contributed by atoms with Crippen molar-refractivity contribution in [3.8, 4) is 5.75 Å². The molecule has 1 N–H and O–H groups in total. The molecule has 1 aromatic rings. The Morgan fingerprint density at radius 1 is 1.35 bits per heavy atom. The van der Waals surface area contributed by atoms with Gasteiger partial charge in [0, 0.05) is 6.54 Å². The minimum atomic E-state index is -1.06. The lowest BCUT2D eigenvalue weighted by atomic mass is 10.1. The van der Waals surface area contributed by atoms with Crippen molar-refractivity contribution in [3.63, 3.8) is 0 Å². The maximum Gasteiger partial charge on any atom is 0.323 e. The lowest BCUT2D eigenvalue weighted by Gasteiger charge is -2.19. The van der Waals surface area contributed by atoms with Crippen molar-refractivity contribution in [1.82, 2.24) is 4.90 Å². The fraction of sp³-hybridized carbons (Fsp3) is 0.333. The Labute approximate surface area is 118 Å². The van der Waals surface area contributed by atoms with Gasteiger partial charge in [0.2, 0.25) is 0 Å². The Morgan fingerprint density at radius 2 is 2.05 bits per heavy atom. The summed E-state index contributed by atoms with van der Waals surface area (Å²) in [5, 5.41) is 8.74. The zero-order chi connectivity index (χ0) is 15.1. The number of carboxylic acid groups (broad SMARTS) is 1. The number of amides is 1. The van der Waals surface area contributed by atoms with Gasteiger partial charge < -0.3 is 14.7 Å². The van der Waals surface area contributed by atoms with Crippen molar-refractivity contribution in [1.29, 1.82) is 0 Å². The van der Waals surface area contributed by atoms with E-state index in [2.05, 4.69) is 6.58 Å². The predicted molar refractivity (Wildman–Crippen MR) is 75.8 cm³/mol. The Morgan fingerprint density at radius 3 is 2.60 bits per heavy atom. The fourth-order valence-corrected chi connectivity index (χ4v) is 1.61. The van der Waals surface area contributed by atoms with Crippen LogP contribution in [0.15, 0.2) is 30.9 Å². The molecule has 0 saturated heterocycles. The van der Waals surface area contributed by atoms with Gasteiger partial charge in [-0.1, -0.05) is 12.1 Å². The second-order valence-corrected chi connectivity index (χ2v) is 4.49. The molecule has 0 unspecified atom stereocenters. The molecule has 1 aromatic carbocycles. The number of carboxylic acids is 1. The number of ether oxygens (including phenoxy) is 1. The zero-order valence-electron chi connectivity index (χ0n) is 11.8. The first kappa shape index (κ1) is 15.8. The van der Waals surface area contributed by atoms with Crippen LogP contribution < -0.4 is 4.74 Å². The third kappa shape index (κ3) is 4.76. The third-order valence-electron chi connectivity index (χ3n) is 2.87. The van der Waals surface area contributed by atoms with E-state index in [4.69, 9.17) is 9.84 Å². The van der Waals surface area contributed by atoms with Gasteiger partial charge in [0.1, 0.15) is 12.3 Å². The van der Waals surface area contributed by atoms with Crippen LogP contribution in [0.25, 0.3) is 0 Å². The van der Waals surface area contributed by atoms with Crippen LogP contribution in [0.3, 0.4) is 0 Å². The molecule has 1 amide bonds. The van der Waals surface area contributed by atoms with E-state index in [0.717, 1.165) is 11.1 Å². The number of aryl methyl sites for hydroxylation is 2. The predicted octanol–water partition coefficient (Wildman–Crippen LogP) is 1.78. The van der Waals surface area contributed by atoms with Crippen LogP contribution in [0.2, 0.25) is 0 Å². The number of aliphatic carboxylic acids is 1. The molecule has 5 nitrogen and oxygen atoms in total. The summed E-state index contributed by atoms with van der Waals surface area (Å²) in [5.41, 5.74) is 2.21. The monoisotopic (exact) mass is 277 g/mol. The largest absolute Gasteiger partial charge is 0.484 e. The summed E-state index contributed by atoms with van der Waals surface area (Å²) in [5.74, 6) is -0.854. The topological polar surface area (TPSA) is 66.8 Å². The van der Waals surface area contributed by atoms with E-state index >= 15 is 0 Å². The van der Waals surface area contributed by atoms with Crippen LogP contribution in [-0.2, 0) is 9.59 Å². The number of hydrogen-bond acceptors (Lipinski definition) is 3. The smallest absolute Gasteiger partial charge is 0.323 e. The van der Waals surface area contributed by atoms with Gasteiger partial charge in [0.05, 0.1) is 0 Å². The van der Waals surface area contributed by atoms with E-state index in [9.17, 15) is 9.59 Å². The van der Waals surface area contributed by atoms with E-state index < -0.39 is 5.97 Å². The number of benzene rings is 1. The zero-order valence-corrected chi connectivity index (χ0v) is 11.8. The first-order valence-corrected chi connectivity index (χ1v) is 6.24. The number of carbonyl (C=O) groups is 2. The summed E-state index contributed by atoms with van der Waals surface area (Å²) in [4.78, 5) is 23.7. The van der Waals surface area contributed by atoms with Gasteiger partial charge in [-0.05, 0) is 37.1 Å². The average molecular weight is 277 g/mol. The summed E-state index contributed by atoms with van der Waals surface area (Å²) in [7, 11) is 0. The maximum atomic E-state index is 11.9. The van der Waals surface area contributed by atoms with Crippen molar-refractivity contribution in [2.45, 2.75) is 13.8 Å². The molecule has 0 heterocycles. The lowest BCUT2D eigenvalue weighted by molar-refractivity contribution is -0.144. The Kier molecular flexibility index (Phi) is 5.77. The summed E-state index contributed by atoms with van der Waals surface area (Å²) >= 11 is 0. The Bertz CT molecular complexity index is 511. The van der Waals surface area contributed by atoms with Crippen molar-refractivity contribution in [2.24, 2.45) is 0 Å². The highest BCUT2D eigenvalue weighted by Crippen LogP contribution is 2.16. The maximum absolute atomic E-state index is 11.9. The van der Waals surface area contributed by atoms with Crippen LogP contribution in [0.5, 0.6) is 5.75 Å². The lowest BCUT2D eigenvalue weighted by Crippen LogP contribution is -2.38. The van der Waals surface area contributed by atoms with E-state index in [1.165, 1.54) is 11.0 Å².